The van der Waals surface area contributed by atoms with E-state index in [4.69, 9.17) is 0 Å². The molecule has 0 radical (unpaired) electrons. The van der Waals surface area contributed by atoms with Gasteiger partial charge in [-0.25, -0.2) is 0 Å². The van der Waals surface area contributed by atoms with Crippen LogP contribution in [0.4, 0.5) is 0 Å². The molecule has 0 saturated carbocycles. The summed E-state index contributed by atoms with van der Waals surface area (Å²) >= 11 is 0. The lowest BCUT2D eigenvalue weighted by Gasteiger charge is -2.32. The van der Waals surface area contributed by atoms with Crippen molar-refractivity contribution in [2.45, 2.75) is 26.2 Å². The number of amides is 1. The summed E-state index contributed by atoms with van der Waals surface area (Å²) in [5, 5.41) is 0. The average molecular weight is 321 g/mol. The van der Waals surface area contributed by atoms with Crippen LogP contribution in [-0.2, 0) is 0 Å². The Kier molecular flexibility index (Phi) is 5.09. The number of aryl methyl sites for hydroxylation is 1. The minimum Gasteiger partial charge on any atom is -0.338 e. The monoisotopic (exact) mass is 321 g/mol. The van der Waals surface area contributed by atoms with Crippen molar-refractivity contribution in [2.24, 2.45) is 5.92 Å². The smallest absolute Gasteiger partial charge is 0.253 e. The molecule has 0 unspecified atom stereocenters. The minimum atomic E-state index is 0.0758. The van der Waals surface area contributed by atoms with E-state index in [0.717, 1.165) is 36.1 Å². The average Bonchev–Trinajstić information content (AvgIpc) is 2.63. The maximum absolute atomic E-state index is 12.7. The van der Waals surface area contributed by atoms with Crippen molar-refractivity contribution in [2.75, 3.05) is 13.1 Å². The second-order valence-electron chi connectivity index (χ2n) is 6.62. The molecule has 1 aliphatic heterocycles. The Balaban J connectivity index is 1.63. The quantitative estimate of drug-likeness (QED) is 0.794. The molecule has 3 nitrogen and oxygen atoms in total. The third kappa shape index (κ3) is 3.91. The van der Waals surface area contributed by atoms with Crippen molar-refractivity contribution >= 4 is 11.7 Å². The molecule has 1 atom stereocenters. The van der Waals surface area contributed by atoms with Crippen LogP contribution in [-0.4, -0.2) is 29.7 Å². The summed E-state index contributed by atoms with van der Waals surface area (Å²) in [5.41, 5.74) is 2.65. The van der Waals surface area contributed by atoms with Crippen molar-refractivity contribution in [3.05, 3.63) is 71.3 Å². The maximum atomic E-state index is 12.7. The second-order valence-corrected chi connectivity index (χ2v) is 6.62. The highest BCUT2D eigenvalue weighted by Crippen LogP contribution is 2.23. The van der Waals surface area contributed by atoms with Crippen LogP contribution in [0.3, 0.4) is 0 Å². The molecule has 1 aliphatic rings. The van der Waals surface area contributed by atoms with Crippen molar-refractivity contribution in [3.8, 4) is 0 Å². The largest absolute Gasteiger partial charge is 0.338 e. The molecule has 0 aromatic heterocycles. The van der Waals surface area contributed by atoms with Crippen molar-refractivity contribution in [1.29, 1.82) is 0 Å². The van der Waals surface area contributed by atoms with E-state index in [0.29, 0.717) is 13.0 Å². The van der Waals surface area contributed by atoms with Gasteiger partial charge in [0.25, 0.3) is 5.91 Å². The molecule has 1 amide bonds. The first-order valence-corrected chi connectivity index (χ1v) is 8.57. The number of Topliss-reactive ketones (excluding diaryl/α,β-unsaturated/α-hetero) is 1. The molecule has 0 spiro atoms. The first-order valence-electron chi connectivity index (χ1n) is 8.57. The Labute approximate surface area is 143 Å². The molecule has 0 bridgehead atoms. The molecule has 1 saturated heterocycles. The number of piperidine rings is 1. The Morgan fingerprint density at radius 3 is 2.42 bits per heavy atom. The predicted octanol–water partition coefficient (Wildman–Crippen LogP) is 4.12. The number of hydrogen-bond acceptors (Lipinski definition) is 2. The van der Waals surface area contributed by atoms with Gasteiger partial charge >= 0.3 is 0 Å². The van der Waals surface area contributed by atoms with Crippen LogP contribution in [0.5, 0.6) is 0 Å². The zero-order valence-corrected chi connectivity index (χ0v) is 14.1. The fraction of sp³-hybridized carbons (Fsp3) is 0.333. The third-order valence-electron chi connectivity index (χ3n) is 4.67. The minimum absolute atomic E-state index is 0.0758. The van der Waals surface area contributed by atoms with E-state index >= 15 is 0 Å². The van der Waals surface area contributed by atoms with E-state index in [2.05, 4.69) is 0 Å². The topological polar surface area (TPSA) is 37.4 Å². The van der Waals surface area contributed by atoms with Crippen LogP contribution in [0, 0.1) is 12.8 Å². The molecular weight excluding hydrogens is 298 g/mol. The summed E-state index contributed by atoms with van der Waals surface area (Å²) in [7, 11) is 0. The van der Waals surface area contributed by atoms with Gasteiger partial charge in [-0.05, 0) is 37.8 Å². The highest BCUT2D eigenvalue weighted by Gasteiger charge is 2.26. The third-order valence-corrected chi connectivity index (χ3v) is 4.67. The highest BCUT2D eigenvalue weighted by molar-refractivity contribution is 5.96. The van der Waals surface area contributed by atoms with Crippen LogP contribution >= 0.6 is 0 Å². The maximum Gasteiger partial charge on any atom is 0.253 e. The van der Waals surface area contributed by atoms with Gasteiger partial charge in [-0.2, -0.15) is 0 Å². The van der Waals surface area contributed by atoms with Crippen molar-refractivity contribution < 1.29 is 9.59 Å². The lowest BCUT2D eigenvalue weighted by molar-refractivity contribution is 0.0652. The Morgan fingerprint density at radius 2 is 1.71 bits per heavy atom. The van der Waals surface area contributed by atoms with E-state index in [1.807, 2.05) is 66.4 Å². The fourth-order valence-electron chi connectivity index (χ4n) is 3.30. The van der Waals surface area contributed by atoms with Gasteiger partial charge in [0.2, 0.25) is 0 Å². The molecule has 1 heterocycles. The Hall–Kier alpha value is -2.42. The number of carbonyl (C=O) groups excluding carboxylic acids is 2. The summed E-state index contributed by atoms with van der Waals surface area (Å²) in [6.45, 7) is 3.47. The van der Waals surface area contributed by atoms with E-state index in [-0.39, 0.29) is 17.6 Å². The van der Waals surface area contributed by atoms with Crippen LogP contribution in [0.1, 0.15) is 45.5 Å². The number of nitrogens with zero attached hydrogens (tertiary/aromatic N) is 1. The summed E-state index contributed by atoms with van der Waals surface area (Å²) < 4.78 is 0. The molecule has 2 aromatic rings. The van der Waals surface area contributed by atoms with Crippen LogP contribution < -0.4 is 0 Å². The van der Waals surface area contributed by atoms with Gasteiger partial charge in [0.15, 0.2) is 5.78 Å². The number of likely N-dealkylation sites (tertiary alicyclic amines) is 1. The summed E-state index contributed by atoms with van der Waals surface area (Å²) in [5.74, 6) is 0.498. The van der Waals surface area contributed by atoms with Gasteiger partial charge in [-0.1, -0.05) is 48.0 Å². The summed E-state index contributed by atoms with van der Waals surface area (Å²) in [6.07, 6.45) is 2.49. The zero-order chi connectivity index (χ0) is 16.9. The number of benzene rings is 2. The molecule has 1 fully saturated rings. The normalized spacial score (nSPS) is 17.5. The SMILES string of the molecule is Cc1ccc(C(=O)N2CCC[C@@H](CC(=O)c3ccccc3)C2)cc1. The van der Waals surface area contributed by atoms with Crippen molar-refractivity contribution in [1.82, 2.24) is 4.90 Å². The van der Waals surface area contributed by atoms with Crippen molar-refractivity contribution in [3.63, 3.8) is 0 Å². The molecule has 0 N–H and O–H groups in total. The highest BCUT2D eigenvalue weighted by atomic mass is 16.2. The second kappa shape index (κ2) is 7.43. The van der Waals surface area contributed by atoms with Gasteiger partial charge < -0.3 is 4.90 Å². The van der Waals surface area contributed by atoms with E-state index < -0.39 is 0 Å². The van der Waals surface area contributed by atoms with Gasteiger partial charge in [-0.15, -0.1) is 0 Å². The van der Waals surface area contributed by atoms with Gasteiger partial charge in [0.05, 0.1) is 0 Å². The lowest BCUT2D eigenvalue weighted by atomic mass is 9.90. The van der Waals surface area contributed by atoms with Crippen LogP contribution in [0.15, 0.2) is 54.6 Å². The lowest BCUT2D eigenvalue weighted by Crippen LogP contribution is -2.40. The standard InChI is InChI=1S/C21H23NO2/c1-16-9-11-19(12-10-16)21(24)22-13-5-6-17(15-22)14-20(23)18-7-3-2-4-8-18/h2-4,7-12,17H,5-6,13-15H2,1H3/t17-/m0/s1. The number of hydrogen-bond donors (Lipinski definition) is 0. The molecule has 24 heavy (non-hydrogen) atoms. The van der Waals surface area contributed by atoms with Crippen LogP contribution in [0.25, 0.3) is 0 Å². The summed E-state index contributed by atoms with van der Waals surface area (Å²) in [6, 6.07) is 17.1. The fourth-order valence-corrected chi connectivity index (χ4v) is 3.30. The first kappa shape index (κ1) is 16.4. The van der Waals surface area contributed by atoms with Gasteiger partial charge in [0, 0.05) is 30.6 Å². The number of carbonyl (C=O) groups is 2. The Bertz CT molecular complexity index is 706. The Morgan fingerprint density at radius 1 is 1.00 bits per heavy atom. The zero-order valence-electron chi connectivity index (χ0n) is 14.1. The van der Waals surface area contributed by atoms with Gasteiger partial charge in [-0.3, -0.25) is 9.59 Å². The predicted molar refractivity (Wildman–Crippen MR) is 95.2 cm³/mol. The van der Waals surface area contributed by atoms with E-state index in [9.17, 15) is 9.59 Å². The summed E-state index contributed by atoms with van der Waals surface area (Å²) in [4.78, 5) is 26.9. The molecule has 2 aromatic carbocycles. The van der Waals surface area contributed by atoms with Gasteiger partial charge in [0.1, 0.15) is 0 Å². The number of ketones is 1. The van der Waals surface area contributed by atoms with E-state index in [1.165, 1.54) is 0 Å². The molecule has 124 valence electrons. The first-order chi connectivity index (χ1) is 11.6. The number of rotatable bonds is 4. The van der Waals surface area contributed by atoms with E-state index in [1.54, 1.807) is 0 Å². The molecule has 3 heteroatoms. The molecule has 3 rings (SSSR count). The van der Waals surface area contributed by atoms with Crippen LogP contribution in [0.2, 0.25) is 0 Å². The molecule has 0 aliphatic carbocycles. The molecular formula is C21H23NO2.